The van der Waals surface area contributed by atoms with E-state index < -0.39 is 24.5 Å². The van der Waals surface area contributed by atoms with Gasteiger partial charge in [-0.2, -0.15) is 18.2 Å². The number of hydrogen-bond donors (Lipinski definition) is 0. The number of rotatable bonds is 10. The van der Waals surface area contributed by atoms with Crippen molar-refractivity contribution in [1.82, 2.24) is 14.1 Å². The smallest absolute Gasteiger partial charge is 0.268 e. The molecule has 8 aromatic carbocycles. The average molecular weight is 1130 g/mol. The van der Waals surface area contributed by atoms with Gasteiger partial charge < -0.3 is 13.9 Å². The molecule has 72 heavy (non-hydrogen) atoms. The van der Waals surface area contributed by atoms with Gasteiger partial charge in [0.05, 0.1) is 23.6 Å². The molecule has 0 aliphatic rings. The molecule has 0 radical (unpaired) electrons. The molecule has 0 saturated heterocycles. The summed E-state index contributed by atoms with van der Waals surface area (Å²) in [5, 5.41) is 1.92. The van der Waals surface area contributed by atoms with Crippen LogP contribution < -0.4 is 9.30 Å². The van der Waals surface area contributed by atoms with Gasteiger partial charge in [-0.3, -0.25) is 4.57 Å². The van der Waals surface area contributed by atoms with Crippen molar-refractivity contribution in [3.05, 3.63) is 223 Å². The monoisotopic (exact) mass is 1120 g/mol. The molecule has 0 saturated carbocycles. The summed E-state index contributed by atoms with van der Waals surface area (Å²) in [5.41, 5.74) is 10.6. The maximum absolute atomic E-state index is 9.33. The van der Waals surface area contributed by atoms with Gasteiger partial charge >= 0.3 is 0 Å². The number of hydrogen-bond acceptors (Lipinski definition) is 2. The molecule has 3 heterocycles. The number of pyridine rings is 1. The Morgan fingerprint density at radius 1 is 0.625 bits per heavy atom. The summed E-state index contributed by atoms with van der Waals surface area (Å²) in [7, 11) is 0. The normalized spacial score (nSPS) is 13.5. The van der Waals surface area contributed by atoms with Crippen molar-refractivity contribution in [2.24, 2.45) is 5.92 Å². The van der Waals surface area contributed by atoms with E-state index in [0.29, 0.717) is 45.3 Å². The first-order valence-electron chi connectivity index (χ1n) is 27.7. The molecule has 0 unspecified atom stereocenters. The van der Waals surface area contributed by atoms with E-state index in [9.17, 15) is 5.48 Å². The van der Waals surface area contributed by atoms with E-state index in [1.165, 1.54) is 0 Å². The van der Waals surface area contributed by atoms with Crippen molar-refractivity contribution < 1.29 is 40.0 Å². The first-order chi connectivity index (χ1) is 37.1. The van der Waals surface area contributed by atoms with E-state index in [-0.39, 0.29) is 55.5 Å². The molecule has 0 spiro atoms. The summed E-state index contributed by atoms with van der Waals surface area (Å²) in [6.45, 7) is 17.0. The fourth-order valence-electron chi connectivity index (χ4n) is 9.42. The van der Waals surface area contributed by atoms with Crippen LogP contribution in [0.2, 0.25) is 0 Å². The van der Waals surface area contributed by atoms with Crippen LogP contribution in [-0.4, -0.2) is 14.1 Å². The van der Waals surface area contributed by atoms with E-state index in [2.05, 4.69) is 84.3 Å². The van der Waals surface area contributed by atoms with Crippen LogP contribution >= 0.6 is 0 Å². The van der Waals surface area contributed by atoms with E-state index >= 15 is 0 Å². The number of nitrogens with zero attached hydrogens (tertiary/aromatic N) is 4. The number of benzene rings is 8. The minimum atomic E-state index is -1.67. The van der Waals surface area contributed by atoms with Gasteiger partial charge in [-0.15, -0.1) is 29.7 Å². The Morgan fingerprint density at radius 2 is 1.28 bits per heavy atom. The molecular weight excluding hydrogens is 1060 g/mol. The van der Waals surface area contributed by atoms with Crippen LogP contribution in [0.1, 0.15) is 81.7 Å². The summed E-state index contributed by atoms with van der Waals surface area (Å²) in [4.78, 5) is 5.01. The van der Waals surface area contributed by atoms with Crippen LogP contribution in [-0.2, 0) is 38.3 Å². The quantitative estimate of drug-likeness (QED) is 0.101. The topological polar surface area (TPSA) is 35.9 Å². The molecule has 5 nitrogen and oxygen atoms in total. The third-order valence-electron chi connectivity index (χ3n) is 13.0. The molecule has 0 aliphatic heterocycles. The fraction of sp³-hybridized carbons (Fsp3) is 0.182. The van der Waals surface area contributed by atoms with Gasteiger partial charge in [-0.25, -0.2) is 4.98 Å². The number of aromatic nitrogens is 4. The number of fused-ring (bicyclic) bond motifs is 4. The Hall–Kier alpha value is -7.33. The molecule has 0 fully saturated rings. The van der Waals surface area contributed by atoms with E-state index in [0.717, 1.165) is 60.7 Å². The maximum Gasteiger partial charge on any atom is 0.268 e. The van der Waals surface area contributed by atoms with Crippen LogP contribution in [0, 0.1) is 24.4 Å². The summed E-state index contributed by atoms with van der Waals surface area (Å²) in [6.07, 6.45) is 3.75. The summed E-state index contributed by atoms with van der Waals surface area (Å²) >= 11 is 0. The van der Waals surface area contributed by atoms with Gasteiger partial charge in [0.25, 0.3) is 6.33 Å². The molecule has 0 atom stereocenters. The maximum atomic E-state index is 9.33. The fourth-order valence-corrected chi connectivity index (χ4v) is 9.42. The number of ether oxygens (including phenoxy) is 1. The zero-order valence-corrected chi connectivity index (χ0v) is 43.9. The van der Waals surface area contributed by atoms with Gasteiger partial charge in [0.15, 0.2) is 0 Å². The Morgan fingerprint density at radius 3 is 2.00 bits per heavy atom. The number of imidazole rings is 1. The first kappa shape index (κ1) is 40.3. The molecule has 360 valence electrons. The Labute approximate surface area is 448 Å². The average Bonchev–Trinajstić information content (AvgIpc) is 4.22. The summed E-state index contributed by atoms with van der Waals surface area (Å²) < 4.78 is 75.6. The molecule has 0 bridgehead atoms. The summed E-state index contributed by atoms with van der Waals surface area (Å²) in [5.74, 6) is 1.08. The standard InChI is InChI=1S/C66H58N4O.Pt/c1-44(2)35-47-38-63(67-42-58(47)46-23-13-10-14-24-46)70-59-30-16-15-27-56(59)57-34-33-53(41-62(57)70)71-52-26-19-25-51(40-52)68-43-69(61-32-18-17-31-60(61)68)64-54(45-21-11-9-12-22-45)28-20-29-55(64)48-36-49(65(3,4)5)39-50(37-48)66(6,7)8;/h9-34,36-39,42,44H,35H2,1-8H3;/q-2;/i9D,11D,12D,21D,22D,35D2;. The van der Waals surface area contributed by atoms with E-state index in [1.54, 1.807) is 6.20 Å². The van der Waals surface area contributed by atoms with Crippen molar-refractivity contribution in [1.29, 1.82) is 0 Å². The first-order valence-corrected chi connectivity index (χ1v) is 24.2. The third kappa shape index (κ3) is 9.23. The van der Waals surface area contributed by atoms with Crippen molar-refractivity contribution in [2.45, 2.75) is 72.6 Å². The third-order valence-corrected chi connectivity index (χ3v) is 13.0. The van der Waals surface area contributed by atoms with Crippen LogP contribution in [0.3, 0.4) is 0 Å². The molecule has 3 aromatic heterocycles. The molecule has 0 amide bonds. The SMILES string of the molecule is [2H]c1c([2H])c([2H])c(-c2cccc(-c3cc(C(C)(C)C)cc(C(C)(C)C)c3)c2-[n+]2[c-]n(-c3[c-]c(Oc4[c-]c5c(cc4)c4ccccc4n5-c4cc(C([2H])([2H])C(C)C)c(-c5ccccc5)cn4)ccc3)c3ccccc32)c([2H])c1[2H].[Pt]. The zero-order chi connectivity index (χ0) is 55.2. The van der Waals surface area contributed by atoms with Crippen molar-refractivity contribution in [3.8, 4) is 62.1 Å². The second kappa shape index (κ2) is 19.4. The predicted molar refractivity (Wildman–Crippen MR) is 292 cm³/mol. The zero-order valence-electron chi connectivity index (χ0n) is 48.6. The minimum Gasteiger partial charge on any atom is -0.510 e. The predicted octanol–water partition coefficient (Wildman–Crippen LogP) is 16.4. The second-order valence-electron chi connectivity index (χ2n) is 20.5. The van der Waals surface area contributed by atoms with E-state index in [1.807, 2.05) is 155 Å². The molecule has 6 heteroatoms. The molecular formula is C66H58N4OPt-2. The van der Waals surface area contributed by atoms with Crippen molar-refractivity contribution >= 4 is 32.8 Å². The molecule has 11 rings (SSSR count). The van der Waals surface area contributed by atoms with Gasteiger partial charge in [-0.05, 0) is 90.8 Å². The molecule has 0 N–H and O–H groups in total. The van der Waals surface area contributed by atoms with Gasteiger partial charge in [0.1, 0.15) is 5.82 Å². The Kier molecular flexibility index (Phi) is 10.8. The van der Waals surface area contributed by atoms with Crippen LogP contribution in [0.5, 0.6) is 11.5 Å². The van der Waals surface area contributed by atoms with Crippen molar-refractivity contribution in [2.75, 3.05) is 0 Å². The van der Waals surface area contributed by atoms with Crippen LogP contribution in [0.25, 0.3) is 83.4 Å². The largest absolute Gasteiger partial charge is 0.510 e. The van der Waals surface area contributed by atoms with Crippen LogP contribution in [0.15, 0.2) is 188 Å². The van der Waals surface area contributed by atoms with Gasteiger partial charge in [0, 0.05) is 52.6 Å². The Bertz CT molecular complexity index is 4110. The van der Waals surface area contributed by atoms with Gasteiger partial charge in [-0.1, -0.05) is 200 Å². The van der Waals surface area contributed by atoms with Gasteiger partial charge in [0.2, 0.25) is 0 Å². The number of para-hydroxylation sites is 4. The van der Waals surface area contributed by atoms with Crippen LogP contribution in [0.4, 0.5) is 0 Å². The van der Waals surface area contributed by atoms with Crippen molar-refractivity contribution in [3.63, 3.8) is 0 Å². The van der Waals surface area contributed by atoms with E-state index in [4.69, 9.17) is 13.8 Å². The molecule has 11 aromatic rings. The summed E-state index contributed by atoms with van der Waals surface area (Å²) in [6, 6.07) is 54.8. The minimum absolute atomic E-state index is 0. The molecule has 0 aliphatic carbocycles. The second-order valence-corrected chi connectivity index (χ2v) is 20.5. The Balaban J connectivity index is 0.00000704.